The van der Waals surface area contributed by atoms with E-state index in [1.165, 1.54) is 23.7 Å². The Kier molecular flexibility index (Phi) is 3.26. The van der Waals surface area contributed by atoms with Crippen LogP contribution in [0, 0.1) is 18.6 Å². The number of hydrogen-bond donors (Lipinski definition) is 2. The molecule has 0 unspecified atom stereocenters. The molecule has 0 fully saturated rings. The third-order valence-electron chi connectivity index (χ3n) is 3.03. The van der Waals surface area contributed by atoms with Gasteiger partial charge in [0.05, 0.1) is 17.2 Å². The second kappa shape index (κ2) is 4.97. The van der Waals surface area contributed by atoms with Crippen molar-refractivity contribution in [2.75, 3.05) is 5.43 Å². The van der Waals surface area contributed by atoms with E-state index in [2.05, 4.69) is 10.4 Å². The molecule has 0 aromatic carbocycles. The summed E-state index contributed by atoms with van der Waals surface area (Å²) < 4.78 is 6.26. The fraction of sp³-hybridized carbons (Fsp3) is 0.154. The molecule has 0 spiro atoms. The molecule has 0 atom stereocenters. The molecular formula is C13H11N3O3S2. The Bertz CT molecular complexity index is 961. The van der Waals surface area contributed by atoms with Gasteiger partial charge in [0.15, 0.2) is 0 Å². The third kappa shape index (κ3) is 2.32. The normalized spacial score (nSPS) is 11.0. The van der Waals surface area contributed by atoms with Crippen LogP contribution in [0.3, 0.4) is 0 Å². The highest BCUT2D eigenvalue weighted by molar-refractivity contribution is 7.71. The molecule has 6 nitrogen and oxygen atoms in total. The number of aromatic amines is 1. The van der Waals surface area contributed by atoms with Gasteiger partial charge in [-0.15, -0.1) is 11.3 Å². The molecule has 3 heterocycles. The standard InChI is InChI=1S/C13H11N3O3S2/c1-6-5-9-11(21-6)14-13(20)16(12(9)18)15-10(17)8-3-4-19-7(8)2/h3-5H,1-2H3,(H,14,20)(H,15,17). The Balaban J connectivity index is 2.09. The average molecular weight is 321 g/mol. The molecule has 0 aliphatic heterocycles. The molecule has 0 saturated heterocycles. The van der Waals surface area contributed by atoms with E-state index in [-0.39, 0.29) is 10.3 Å². The SMILES string of the molecule is Cc1cc2c(=O)n(NC(=O)c3ccoc3C)c(=S)[nH]c2s1. The minimum Gasteiger partial charge on any atom is -0.469 e. The summed E-state index contributed by atoms with van der Waals surface area (Å²) in [7, 11) is 0. The molecule has 8 heteroatoms. The van der Waals surface area contributed by atoms with Crippen LogP contribution in [0.4, 0.5) is 0 Å². The van der Waals surface area contributed by atoms with Gasteiger partial charge in [-0.1, -0.05) is 0 Å². The van der Waals surface area contributed by atoms with E-state index in [9.17, 15) is 9.59 Å². The number of hydrogen-bond acceptors (Lipinski definition) is 5. The van der Waals surface area contributed by atoms with Gasteiger partial charge in [0.1, 0.15) is 10.6 Å². The second-order valence-corrected chi connectivity index (χ2v) is 6.14. The number of furan rings is 1. The first-order valence-corrected chi connectivity index (χ1v) is 7.31. The molecule has 21 heavy (non-hydrogen) atoms. The lowest BCUT2D eigenvalue weighted by Gasteiger charge is -2.07. The number of aryl methyl sites for hydroxylation is 2. The minimum absolute atomic E-state index is 0.142. The third-order valence-corrected chi connectivity index (χ3v) is 4.28. The maximum absolute atomic E-state index is 12.4. The number of fused-ring (bicyclic) bond motifs is 1. The van der Waals surface area contributed by atoms with Gasteiger partial charge in [-0.05, 0) is 38.2 Å². The molecule has 0 bridgehead atoms. The maximum Gasteiger partial charge on any atom is 0.282 e. The summed E-state index contributed by atoms with van der Waals surface area (Å²) in [5.74, 6) is 0.0251. The van der Waals surface area contributed by atoms with Gasteiger partial charge in [0.2, 0.25) is 4.77 Å². The monoisotopic (exact) mass is 321 g/mol. The topological polar surface area (TPSA) is 80.0 Å². The van der Waals surface area contributed by atoms with E-state index in [4.69, 9.17) is 16.6 Å². The van der Waals surface area contributed by atoms with E-state index < -0.39 is 5.91 Å². The first kappa shape index (κ1) is 13.8. The zero-order chi connectivity index (χ0) is 15.1. The van der Waals surface area contributed by atoms with Crippen LogP contribution in [0.5, 0.6) is 0 Å². The predicted octanol–water partition coefficient (Wildman–Crippen LogP) is 2.71. The van der Waals surface area contributed by atoms with Crippen molar-refractivity contribution in [2.24, 2.45) is 0 Å². The summed E-state index contributed by atoms with van der Waals surface area (Å²) in [5, 5.41) is 0.496. The molecule has 0 aliphatic carbocycles. The van der Waals surface area contributed by atoms with Gasteiger partial charge in [0.25, 0.3) is 11.5 Å². The maximum atomic E-state index is 12.4. The van der Waals surface area contributed by atoms with Crippen LogP contribution < -0.4 is 11.0 Å². The summed E-state index contributed by atoms with van der Waals surface area (Å²) in [6, 6.07) is 3.30. The molecule has 1 amide bonds. The van der Waals surface area contributed by atoms with E-state index in [1.54, 1.807) is 13.0 Å². The summed E-state index contributed by atoms with van der Waals surface area (Å²) in [6.45, 7) is 3.57. The molecule has 0 saturated carbocycles. The fourth-order valence-corrected chi connectivity index (χ4v) is 3.21. The Hall–Kier alpha value is -2.19. The Labute approximate surface area is 128 Å². The lowest BCUT2D eigenvalue weighted by Crippen LogP contribution is -2.34. The summed E-state index contributed by atoms with van der Waals surface area (Å²) in [5.41, 5.74) is 2.50. The Morgan fingerprint density at radius 2 is 2.24 bits per heavy atom. The fourth-order valence-electron chi connectivity index (χ4n) is 2.02. The van der Waals surface area contributed by atoms with Crippen molar-refractivity contribution in [3.63, 3.8) is 0 Å². The summed E-state index contributed by atoms with van der Waals surface area (Å²) in [6.07, 6.45) is 1.42. The van der Waals surface area contributed by atoms with Crippen molar-refractivity contribution < 1.29 is 9.21 Å². The van der Waals surface area contributed by atoms with Crippen molar-refractivity contribution in [1.82, 2.24) is 9.66 Å². The summed E-state index contributed by atoms with van der Waals surface area (Å²) in [4.78, 5) is 29.2. The number of rotatable bonds is 2. The smallest absolute Gasteiger partial charge is 0.282 e. The van der Waals surface area contributed by atoms with Gasteiger partial charge in [-0.2, -0.15) is 4.68 Å². The van der Waals surface area contributed by atoms with Crippen LogP contribution >= 0.6 is 23.6 Å². The summed E-state index contributed by atoms with van der Waals surface area (Å²) >= 11 is 6.58. The lowest BCUT2D eigenvalue weighted by molar-refractivity contribution is 0.100. The van der Waals surface area contributed by atoms with Crippen LogP contribution in [0.2, 0.25) is 0 Å². The average Bonchev–Trinajstić information content (AvgIpc) is 3.00. The zero-order valence-corrected chi connectivity index (χ0v) is 12.9. The van der Waals surface area contributed by atoms with Crippen molar-refractivity contribution >= 4 is 39.7 Å². The molecule has 3 aromatic heterocycles. The highest BCUT2D eigenvalue weighted by atomic mass is 32.1. The van der Waals surface area contributed by atoms with Gasteiger partial charge in [-0.3, -0.25) is 15.0 Å². The minimum atomic E-state index is -0.450. The highest BCUT2D eigenvalue weighted by Gasteiger charge is 2.15. The molecule has 108 valence electrons. The van der Waals surface area contributed by atoms with E-state index in [1.807, 2.05) is 6.92 Å². The lowest BCUT2D eigenvalue weighted by atomic mass is 10.2. The molecule has 0 radical (unpaired) electrons. The first-order chi connectivity index (χ1) is 9.97. The number of H-pyrrole nitrogens is 1. The van der Waals surface area contributed by atoms with Gasteiger partial charge in [-0.25, -0.2) is 0 Å². The van der Waals surface area contributed by atoms with Crippen LogP contribution in [0.25, 0.3) is 10.2 Å². The highest BCUT2D eigenvalue weighted by Crippen LogP contribution is 2.19. The molecular weight excluding hydrogens is 310 g/mol. The van der Waals surface area contributed by atoms with Crippen LogP contribution in [-0.2, 0) is 0 Å². The predicted molar refractivity (Wildman–Crippen MR) is 83.1 cm³/mol. The number of carbonyl (C=O) groups is 1. The van der Waals surface area contributed by atoms with Gasteiger partial charge >= 0.3 is 0 Å². The van der Waals surface area contributed by atoms with Gasteiger partial charge < -0.3 is 9.40 Å². The largest absolute Gasteiger partial charge is 0.469 e. The van der Waals surface area contributed by atoms with E-state index in [0.29, 0.717) is 21.5 Å². The van der Waals surface area contributed by atoms with Crippen LogP contribution in [0.1, 0.15) is 21.0 Å². The number of carbonyl (C=O) groups excluding carboxylic acids is 1. The Morgan fingerprint density at radius 3 is 2.90 bits per heavy atom. The van der Waals surface area contributed by atoms with E-state index >= 15 is 0 Å². The molecule has 0 aliphatic rings. The van der Waals surface area contributed by atoms with Crippen molar-refractivity contribution in [3.8, 4) is 0 Å². The quantitative estimate of drug-likeness (QED) is 0.711. The van der Waals surface area contributed by atoms with Crippen LogP contribution in [-0.4, -0.2) is 15.6 Å². The number of nitrogens with zero attached hydrogens (tertiary/aromatic N) is 1. The second-order valence-electron chi connectivity index (χ2n) is 4.50. The number of aromatic nitrogens is 2. The van der Waals surface area contributed by atoms with Gasteiger partial charge in [0, 0.05) is 4.88 Å². The Morgan fingerprint density at radius 1 is 1.48 bits per heavy atom. The van der Waals surface area contributed by atoms with Crippen LogP contribution in [0.15, 0.2) is 27.6 Å². The number of thiophene rings is 1. The number of amides is 1. The van der Waals surface area contributed by atoms with Crippen molar-refractivity contribution in [1.29, 1.82) is 0 Å². The van der Waals surface area contributed by atoms with Crippen molar-refractivity contribution in [2.45, 2.75) is 13.8 Å². The number of nitrogens with one attached hydrogen (secondary N) is 2. The molecule has 2 N–H and O–H groups in total. The first-order valence-electron chi connectivity index (χ1n) is 6.08. The van der Waals surface area contributed by atoms with Crippen molar-refractivity contribution in [3.05, 3.63) is 49.7 Å². The molecule has 3 rings (SSSR count). The molecule has 3 aromatic rings. The van der Waals surface area contributed by atoms with E-state index in [0.717, 1.165) is 9.55 Å². The zero-order valence-electron chi connectivity index (χ0n) is 11.2.